The van der Waals surface area contributed by atoms with Crippen molar-refractivity contribution < 1.29 is 13.6 Å². The Bertz CT molecular complexity index is 701. The molecule has 0 radical (unpaired) electrons. The Morgan fingerprint density at radius 1 is 1.40 bits per heavy atom. The van der Waals surface area contributed by atoms with E-state index in [0.29, 0.717) is 10.4 Å². The molecular formula is C14H10F2N2OS. The van der Waals surface area contributed by atoms with Gasteiger partial charge in [0, 0.05) is 5.38 Å². The van der Waals surface area contributed by atoms with Gasteiger partial charge in [0.05, 0.1) is 22.7 Å². The lowest BCUT2D eigenvalue weighted by Crippen LogP contribution is -2.12. The van der Waals surface area contributed by atoms with Gasteiger partial charge in [-0.15, -0.1) is 11.3 Å². The summed E-state index contributed by atoms with van der Waals surface area (Å²) in [5, 5.41) is 3.91. The van der Waals surface area contributed by atoms with Gasteiger partial charge < -0.3 is 11.1 Å². The molecule has 0 saturated heterocycles. The van der Waals surface area contributed by atoms with Crippen LogP contribution in [0.5, 0.6) is 0 Å². The number of anilines is 1. The zero-order chi connectivity index (χ0) is 14.5. The first-order chi connectivity index (χ1) is 9.61. The third-order valence-corrected chi connectivity index (χ3v) is 3.22. The second-order valence-electron chi connectivity index (χ2n) is 3.76. The highest BCUT2D eigenvalue weighted by molar-refractivity contribution is 7.10. The first-order valence-corrected chi connectivity index (χ1v) is 6.52. The molecule has 0 unspecified atom stereocenters. The van der Waals surface area contributed by atoms with Crippen LogP contribution in [0.3, 0.4) is 0 Å². The summed E-state index contributed by atoms with van der Waals surface area (Å²) >= 11 is 1.28. The molecule has 3 nitrogen and oxygen atoms in total. The van der Waals surface area contributed by atoms with Crippen molar-refractivity contribution in [2.24, 2.45) is 5.73 Å². The summed E-state index contributed by atoms with van der Waals surface area (Å²) in [7, 11) is 0. The van der Waals surface area contributed by atoms with Crippen molar-refractivity contribution in [3.63, 3.8) is 0 Å². The van der Waals surface area contributed by atoms with Crippen molar-refractivity contribution in [2.45, 2.75) is 0 Å². The molecule has 2 aromatic rings. The highest BCUT2D eigenvalue weighted by Crippen LogP contribution is 2.19. The van der Waals surface area contributed by atoms with Crippen LogP contribution in [0.1, 0.15) is 15.2 Å². The molecule has 1 aromatic carbocycles. The first kappa shape index (κ1) is 14.2. The van der Waals surface area contributed by atoms with Gasteiger partial charge in [-0.05, 0) is 18.2 Å². The van der Waals surface area contributed by atoms with Crippen LogP contribution in [0.4, 0.5) is 14.5 Å². The number of halogens is 2. The van der Waals surface area contributed by atoms with Crippen LogP contribution in [0.2, 0.25) is 0 Å². The standard InChI is InChI=1S/C14H10F2N2OS/c15-11-4-1-5-12(13(11)16)18-14(19)9-7-10(20-8-9)3-2-6-17/h1,4-5,7-8H,6,17H2,(H,18,19). The number of nitrogens with two attached hydrogens (primary N) is 1. The van der Waals surface area contributed by atoms with E-state index in [0.717, 1.165) is 6.07 Å². The Labute approximate surface area is 118 Å². The van der Waals surface area contributed by atoms with Crippen LogP contribution in [0.25, 0.3) is 0 Å². The topological polar surface area (TPSA) is 55.1 Å². The minimum atomic E-state index is -1.08. The molecule has 0 bridgehead atoms. The predicted molar refractivity (Wildman–Crippen MR) is 74.6 cm³/mol. The number of nitrogens with one attached hydrogen (secondary N) is 1. The molecule has 6 heteroatoms. The number of rotatable bonds is 2. The van der Waals surface area contributed by atoms with Crippen molar-refractivity contribution in [2.75, 3.05) is 11.9 Å². The molecule has 0 fully saturated rings. The zero-order valence-corrected chi connectivity index (χ0v) is 11.1. The van der Waals surface area contributed by atoms with E-state index in [4.69, 9.17) is 5.73 Å². The van der Waals surface area contributed by atoms with Crippen LogP contribution in [0, 0.1) is 23.5 Å². The minimum Gasteiger partial charge on any atom is -0.320 e. The van der Waals surface area contributed by atoms with E-state index in [1.807, 2.05) is 0 Å². The molecule has 102 valence electrons. The van der Waals surface area contributed by atoms with Crippen molar-refractivity contribution >= 4 is 22.9 Å². The van der Waals surface area contributed by atoms with E-state index in [1.54, 1.807) is 11.4 Å². The number of hydrogen-bond acceptors (Lipinski definition) is 3. The average Bonchev–Trinajstić information content (AvgIpc) is 2.90. The summed E-state index contributed by atoms with van der Waals surface area (Å²) in [6.45, 7) is 0.230. The van der Waals surface area contributed by atoms with Gasteiger partial charge in [0.2, 0.25) is 0 Å². The van der Waals surface area contributed by atoms with Crippen LogP contribution in [-0.4, -0.2) is 12.5 Å². The molecule has 0 saturated carbocycles. The Morgan fingerprint density at radius 3 is 2.95 bits per heavy atom. The molecule has 0 aliphatic rings. The van der Waals surface area contributed by atoms with Gasteiger partial charge in [-0.2, -0.15) is 0 Å². The summed E-state index contributed by atoms with van der Waals surface area (Å²) in [6, 6.07) is 5.16. The molecule has 0 aliphatic carbocycles. The van der Waals surface area contributed by atoms with E-state index in [2.05, 4.69) is 17.2 Å². The maximum atomic E-state index is 13.4. The second kappa shape index (κ2) is 6.28. The fourth-order valence-electron chi connectivity index (χ4n) is 1.45. The lowest BCUT2D eigenvalue weighted by atomic mass is 10.2. The van der Waals surface area contributed by atoms with Crippen LogP contribution < -0.4 is 11.1 Å². The highest BCUT2D eigenvalue weighted by atomic mass is 32.1. The number of carbonyl (C=O) groups excluding carboxylic acids is 1. The van der Waals surface area contributed by atoms with Gasteiger partial charge in [-0.25, -0.2) is 8.78 Å². The largest absolute Gasteiger partial charge is 0.320 e. The van der Waals surface area contributed by atoms with Crippen molar-refractivity contribution in [1.82, 2.24) is 0 Å². The Balaban J connectivity index is 2.16. The molecule has 1 amide bonds. The summed E-state index contributed by atoms with van der Waals surface area (Å²) < 4.78 is 26.4. The Morgan fingerprint density at radius 2 is 2.20 bits per heavy atom. The summed E-state index contributed by atoms with van der Waals surface area (Å²) in [4.78, 5) is 12.6. The third-order valence-electron chi connectivity index (χ3n) is 2.38. The van der Waals surface area contributed by atoms with Crippen LogP contribution >= 0.6 is 11.3 Å². The van der Waals surface area contributed by atoms with Crippen LogP contribution in [-0.2, 0) is 0 Å². The normalized spacial score (nSPS) is 9.75. The van der Waals surface area contributed by atoms with Crippen molar-refractivity contribution in [3.05, 3.63) is 51.7 Å². The molecule has 0 atom stereocenters. The number of thiophene rings is 1. The summed E-state index contributed by atoms with van der Waals surface area (Å²) in [5.74, 6) is 2.85. The molecule has 1 heterocycles. The lowest BCUT2D eigenvalue weighted by molar-refractivity contribution is 0.102. The average molecular weight is 292 g/mol. The molecular weight excluding hydrogens is 282 g/mol. The fraction of sp³-hybridized carbons (Fsp3) is 0.0714. The molecule has 2 rings (SSSR count). The lowest BCUT2D eigenvalue weighted by Gasteiger charge is -2.05. The molecule has 1 aromatic heterocycles. The fourth-order valence-corrected chi connectivity index (χ4v) is 2.21. The molecule has 20 heavy (non-hydrogen) atoms. The van der Waals surface area contributed by atoms with Gasteiger partial charge in [-0.1, -0.05) is 17.9 Å². The highest BCUT2D eigenvalue weighted by Gasteiger charge is 2.13. The van der Waals surface area contributed by atoms with E-state index in [1.165, 1.54) is 23.5 Å². The van der Waals surface area contributed by atoms with Gasteiger partial charge in [0.25, 0.3) is 5.91 Å². The zero-order valence-electron chi connectivity index (χ0n) is 10.2. The maximum absolute atomic E-state index is 13.4. The maximum Gasteiger partial charge on any atom is 0.256 e. The predicted octanol–water partition coefficient (Wildman–Crippen LogP) is 2.59. The monoisotopic (exact) mass is 292 g/mol. The third kappa shape index (κ3) is 3.20. The van der Waals surface area contributed by atoms with Gasteiger partial charge in [0.15, 0.2) is 11.6 Å². The van der Waals surface area contributed by atoms with E-state index >= 15 is 0 Å². The number of hydrogen-bond donors (Lipinski definition) is 2. The van der Waals surface area contributed by atoms with E-state index < -0.39 is 17.5 Å². The minimum absolute atomic E-state index is 0.198. The first-order valence-electron chi connectivity index (χ1n) is 5.64. The SMILES string of the molecule is NCC#Cc1cc(C(=O)Nc2cccc(F)c2F)cs1. The van der Waals surface area contributed by atoms with E-state index in [-0.39, 0.29) is 12.2 Å². The van der Waals surface area contributed by atoms with Crippen LogP contribution in [0.15, 0.2) is 29.6 Å². The van der Waals surface area contributed by atoms with Gasteiger partial charge in [-0.3, -0.25) is 4.79 Å². The molecule has 0 spiro atoms. The number of carbonyl (C=O) groups is 1. The summed E-state index contributed by atoms with van der Waals surface area (Å²) in [6.07, 6.45) is 0. The smallest absolute Gasteiger partial charge is 0.256 e. The quantitative estimate of drug-likeness (QED) is 0.836. The van der Waals surface area contributed by atoms with Crippen molar-refractivity contribution in [1.29, 1.82) is 0 Å². The Hall–Kier alpha value is -2.23. The van der Waals surface area contributed by atoms with E-state index in [9.17, 15) is 13.6 Å². The molecule has 0 aliphatic heterocycles. The number of benzene rings is 1. The molecule has 3 N–H and O–H groups in total. The van der Waals surface area contributed by atoms with Gasteiger partial charge in [0.1, 0.15) is 0 Å². The Kier molecular flexibility index (Phi) is 4.45. The van der Waals surface area contributed by atoms with Gasteiger partial charge >= 0.3 is 0 Å². The van der Waals surface area contributed by atoms with Crippen molar-refractivity contribution in [3.8, 4) is 11.8 Å². The summed E-state index contributed by atoms with van der Waals surface area (Å²) in [5.41, 5.74) is 5.39. The number of amides is 1. The second-order valence-corrected chi connectivity index (χ2v) is 4.67.